The maximum Gasteiger partial charge on any atom is 0.300 e. The molecule has 0 bridgehead atoms. The lowest BCUT2D eigenvalue weighted by atomic mass is 9.93. The number of nitrogens with zero attached hydrogens (tertiary/aromatic N) is 1. The number of carbonyl (C=O) groups is 2. The van der Waals surface area contributed by atoms with Crippen LogP contribution in [0.25, 0.3) is 5.76 Å². The summed E-state index contributed by atoms with van der Waals surface area (Å²) in [6.45, 7) is 8.48. The van der Waals surface area contributed by atoms with E-state index in [9.17, 15) is 14.7 Å². The highest BCUT2D eigenvalue weighted by atomic mass is 79.9. The first kappa shape index (κ1) is 24.7. The van der Waals surface area contributed by atoms with Crippen molar-refractivity contribution in [3.63, 3.8) is 0 Å². The highest BCUT2D eigenvalue weighted by Crippen LogP contribution is 2.43. The van der Waals surface area contributed by atoms with Gasteiger partial charge < -0.3 is 9.84 Å². The van der Waals surface area contributed by atoms with Gasteiger partial charge in [0.15, 0.2) is 0 Å². The van der Waals surface area contributed by atoms with Crippen molar-refractivity contribution >= 4 is 39.1 Å². The largest absolute Gasteiger partial charge is 0.507 e. The van der Waals surface area contributed by atoms with Gasteiger partial charge in [-0.1, -0.05) is 66.2 Å². The number of aliphatic hydroxyl groups excluding tert-OH is 1. The molecule has 6 heteroatoms. The number of hydrogen-bond donors (Lipinski definition) is 1. The summed E-state index contributed by atoms with van der Waals surface area (Å²) in [5, 5.41) is 11.3. The van der Waals surface area contributed by atoms with E-state index in [1.54, 1.807) is 36.4 Å². The molecule has 1 heterocycles. The Labute approximate surface area is 214 Å². The first-order chi connectivity index (χ1) is 16.7. The van der Waals surface area contributed by atoms with E-state index in [0.29, 0.717) is 29.5 Å². The first-order valence-corrected chi connectivity index (χ1v) is 12.4. The van der Waals surface area contributed by atoms with Crippen LogP contribution in [0.5, 0.6) is 5.75 Å². The average Bonchev–Trinajstić information content (AvgIpc) is 3.11. The molecule has 1 amide bonds. The number of hydrogen-bond acceptors (Lipinski definition) is 4. The maximum atomic E-state index is 13.4. The van der Waals surface area contributed by atoms with E-state index in [2.05, 4.69) is 29.8 Å². The monoisotopic (exact) mass is 533 g/mol. The highest BCUT2D eigenvalue weighted by Gasteiger charge is 2.47. The quantitative estimate of drug-likeness (QED) is 0.212. The highest BCUT2D eigenvalue weighted by molar-refractivity contribution is 9.10. The van der Waals surface area contributed by atoms with Crippen LogP contribution in [0.3, 0.4) is 0 Å². The Morgan fingerprint density at radius 2 is 1.77 bits per heavy atom. The van der Waals surface area contributed by atoms with Gasteiger partial charge in [0.05, 0.1) is 18.2 Å². The molecule has 180 valence electrons. The SMILES string of the molecule is CCOc1cccc(N2C(=O)C(=O)/C(=C(/O)c3ccc(Br)c(C)c3)C2c2ccc(C(C)C)cc2)c1. The fourth-order valence-electron chi connectivity index (χ4n) is 4.31. The van der Waals surface area contributed by atoms with Gasteiger partial charge in [-0.2, -0.15) is 0 Å². The third-order valence-corrected chi connectivity index (χ3v) is 7.09. The predicted octanol–water partition coefficient (Wildman–Crippen LogP) is 6.91. The van der Waals surface area contributed by atoms with Crippen molar-refractivity contribution in [2.75, 3.05) is 11.5 Å². The van der Waals surface area contributed by atoms with Gasteiger partial charge in [-0.25, -0.2) is 0 Å². The number of rotatable bonds is 6. The van der Waals surface area contributed by atoms with Crippen molar-refractivity contribution in [2.45, 2.75) is 39.7 Å². The first-order valence-electron chi connectivity index (χ1n) is 11.6. The van der Waals surface area contributed by atoms with Crippen LogP contribution < -0.4 is 9.64 Å². The molecule has 1 atom stereocenters. The molecule has 1 saturated heterocycles. The summed E-state index contributed by atoms with van der Waals surface area (Å²) in [5.41, 5.74) is 3.87. The standard InChI is InChI=1S/C29H28BrNO4/c1-5-35-23-8-6-7-22(16-23)31-26(20-11-9-19(10-12-20)17(2)3)25(28(33)29(31)34)27(32)21-13-14-24(30)18(4)15-21/h6-17,26,32H,5H2,1-4H3/b27-25+. The lowest BCUT2D eigenvalue weighted by Crippen LogP contribution is -2.29. The van der Waals surface area contributed by atoms with Crippen molar-refractivity contribution in [3.05, 3.63) is 99.0 Å². The predicted molar refractivity (Wildman–Crippen MR) is 142 cm³/mol. The maximum absolute atomic E-state index is 13.4. The zero-order valence-electron chi connectivity index (χ0n) is 20.2. The van der Waals surface area contributed by atoms with Crippen molar-refractivity contribution in [1.29, 1.82) is 0 Å². The lowest BCUT2D eigenvalue weighted by Gasteiger charge is -2.26. The Hall–Kier alpha value is -3.38. The molecule has 35 heavy (non-hydrogen) atoms. The van der Waals surface area contributed by atoms with Crippen LogP contribution in [0, 0.1) is 6.92 Å². The molecule has 0 aliphatic carbocycles. The zero-order valence-corrected chi connectivity index (χ0v) is 21.8. The smallest absolute Gasteiger partial charge is 0.300 e. The topological polar surface area (TPSA) is 66.8 Å². The Morgan fingerprint density at radius 3 is 2.40 bits per heavy atom. The minimum absolute atomic E-state index is 0.0656. The zero-order chi connectivity index (χ0) is 25.3. The van der Waals surface area contributed by atoms with Gasteiger partial charge in [-0.3, -0.25) is 14.5 Å². The Kier molecular flexibility index (Phi) is 7.13. The van der Waals surface area contributed by atoms with E-state index in [1.807, 2.05) is 44.2 Å². The molecule has 1 unspecified atom stereocenters. The van der Waals surface area contributed by atoms with Crippen LogP contribution in [0.1, 0.15) is 55.0 Å². The number of carbonyl (C=O) groups excluding carboxylic acids is 2. The number of Topliss-reactive ketones (excluding diaryl/α,β-unsaturated/α-hetero) is 1. The van der Waals surface area contributed by atoms with E-state index in [0.717, 1.165) is 21.2 Å². The number of halogens is 1. The summed E-state index contributed by atoms with van der Waals surface area (Å²) >= 11 is 3.47. The molecule has 0 aromatic heterocycles. The molecule has 1 fully saturated rings. The van der Waals surface area contributed by atoms with Gasteiger partial charge in [-0.15, -0.1) is 0 Å². The number of aryl methyl sites for hydroxylation is 1. The number of ketones is 1. The third-order valence-electron chi connectivity index (χ3n) is 6.20. The summed E-state index contributed by atoms with van der Waals surface area (Å²) in [4.78, 5) is 28.2. The van der Waals surface area contributed by atoms with Gasteiger partial charge in [0.1, 0.15) is 11.5 Å². The molecular weight excluding hydrogens is 506 g/mol. The molecule has 3 aromatic rings. The van der Waals surface area contributed by atoms with E-state index in [-0.39, 0.29) is 11.3 Å². The summed E-state index contributed by atoms with van der Waals surface area (Å²) in [6, 6.07) is 19.5. The molecule has 5 nitrogen and oxygen atoms in total. The molecule has 1 N–H and O–H groups in total. The molecule has 1 aliphatic heterocycles. The van der Waals surface area contributed by atoms with Gasteiger partial charge in [0.25, 0.3) is 11.7 Å². The van der Waals surface area contributed by atoms with Crippen molar-refractivity contribution in [2.24, 2.45) is 0 Å². The second kappa shape index (κ2) is 10.1. The normalized spacial score (nSPS) is 17.3. The van der Waals surface area contributed by atoms with Crippen molar-refractivity contribution in [1.82, 2.24) is 0 Å². The number of anilines is 1. The molecule has 0 saturated carbocycles. The number of amides is 1. The number of benzene rings is 3. The number of ether oxygens (including phenoxy) is 1. The summed E-state index contributed by atoms with van der Waals surface area (Å²) in [7, 11) is 0. The van der Waals surface area contributed by atoms with Crippen molar-refractivity contribution in [3.8, 4) is 5.75 Å². The van der Waals surface area contributed by atoms with Crippen molar-refractivity contribution < 1.29 is 19.4 Å². The summed E-state index contributed by atoms with van der Waals surface area (Å²) < 4.78 is 6.52. The average molecular weight is 534 g/mol. The van der Waals surface area contributed by atoms with Crippen LogP contribution in [-0.2, 0) is 9.59 Å². The molecular formula is C29H28BrNO4. The Morgan fingerprint density at radius 1 is 1.06 bits per heavy atom. The summed E-state index contributed by atoms with van der Waals surface area (Å²) in [5.74, 6) is -0.663. The minimum Gasteiger partial charge on any atom is -0.507 e. The number of aliphatic hydroxyl groups is 1. The molecule has 4 rings (SSSR count). The molecule has 1 aliphatic rings. The fraction of sp³-hybridized carbons (Fsp3) is 0.241. The van der Waals surface area contributed by atoms with E-state index >= 15 is 0 Å². The molecule has 0 spiro atoms. The van der Waals surface area contributed by atoms with Gasteiger partial charge in [-0.05, 0) is 60.7 Å². The minimum atomic E-state index is -0.781. The second-order valence-corrected chi connectivity index (χ2v) is 9.74. The molecule has 0 radical (unpaired) electrons. The van der Waals surface area contributed by atoms with Crippen LogP contribution in [0.4, 0.5) is 5.69 Å². The Bertz CT molecular complexity index is 1310. The van der Waals surface area contributed by atoms with E-state index in [1.165, 1.54) is 4.90 Å². The van der Waals surface area contributed by atoms with Gasteiger partial charge in [0, 0.05) is 21.8 Å². The third kappa shape index (κ3) is 4.76. The Balaban J connectivity index is 1.92. The van der Waals surface area contributed by atoms with Crippen LogP contribution >= 0.6 is 15.9 Å². The molecule has 3 aromatic carbocycles. The van der Waals surface area contributed by atoms with Crippen LogP contribution in [-0.4, -0.2) is 23.4 Å². The van der Waals surface area contributed by atoms with Gasteiger partial charge >= 0.3 is 0 Å². The van der Waals surface area contributed by atoms with E-state index in [4.69, 9.17) is 4.74 Å². The van der Waals surface area contributed by atoms with E-state index < -0.39 is 17.7 Å². The van der Waals surface area contributed by atoms with Gasteiger partial charge in [0.2, 0.25) is 0 Å². The summed E-state index contributed by atoms with van der Waals surface area (Å²) in [6.07, 6.45) is 0. The van der Waals surface area contributed by atoms with Crippen LogP contribution in [0.2, 0.25) is 0 Å². The lowest BCUT2D eigenvalue weighted by molar-refractivity contribution is -0.132. The second-order valence-electron chi connectivity index (χ2n) is 8.88. The fourth-order valence-corrected chi connectivity index (χ4v) is 4.56. The van der Waals surface area contributed by atoms with Crippen LogP contribution in [0.15, 0.2) is 76.8 Å².